The van der Waals surface area contributed by atoms with Crippen LogP contribution >= 0.6 is 11.3 Å². The number of benzene rings is 8. The smallest absolute Gasteiger partial charge is 0.238 e. The lowest BCUT2D eigenvalue weighted by Gasteiger charge is -2.13. The third-order valence-corrected chi connectivity index (χ3v) is 12.1. The maximum atomic E-state index is 5.42. The Morgan fingerprint density at radius 3 is 1.64 bits per heavy atom. The summed E-state index contributed by atoms with van der Waals surface area (Å²) in [6.45, 7) is 0. The molecule has 0 N–H and O–H groups in total. The van der Waals surface area contributed by atoms with E-state index in [-0.39, 0.29) is 0 Å². The summed E-state index contributed by atoms with van der Waals surface area (Å²) in [6.07, 6.45) is 0. The van der Waals surface area contributed by atoms with Crippen molar-refractivity contribution < 1.29 is 0 Å². The quantitative estimate of drug-likeness (QED) is 0.182. The van der Waals surface area contributed by atoms with Crippen LogP contribution in [0.1, 0.15) is 0 Å². The number of rotatable bonds is 4. The number of hydrogen-bond donors (Lipinski definition) is 0. The molecule has 12 aromatic rings. The van der Waals surface area contributed by atoms with Crippen molar-refractivity contribution in [3.05, 3.63) is 176 Å². The van der Waals surface area contributed by atoms with Crippen molar-refractivity contribution in [2.24, 2.45) is 0 Å². The molecule has 8 aromatic carbocycles. The SMILES string of the molecule is c1ccc(-c2nc(-c3cc4sc5ccccc5c4c4ccccc34)nc(-n3c4ccccc4c4c5c6ccccc6n(-c6ccccc6)c5ccc43)n2)cc1. The van der Waals surface area contributed by atoms with Crippen molar-refractivity contribution in [2.75, 3.05) is 0 Å². The Balaban J connectivity index is 1.19. The molecule has 0 fully saturated rings. The van der Waals surface area contributed by atoms with Gasteiger partial charge in [0, 0.05) is 58.5 Å². The largest absolute Gasteiger partial charge is 0.309 e. The van der Waals surface area contributed by atoms with E-state index in [1.165, 1.54) is 47.2 Å². The maximum Gasteiger partial charge on any atom is 0.238 e. The Bertz CT molecular complexity index is 3490. The van der Waals surface area contributed by atoms with Crippen LogP contribution in [0.4, 0.5) is 0 Å². The molecule has 0 bridgehead atoms. The molecule has 5 nitrogen and oxygen atoms in total. The fourth-order valence-electron chi connectivity index (χ4n) is 8.66. The van der Waals surface area contributed by atoms with Gasteiger partial charge in [-0.15, -0.1) is 11.3 Å². The number of nitrogens with zero attached hydrogens (tertiary/aromatic N) is 5. The van der Waals surface area contributed by atoms with E-state index in [1.807, 2.05) is 29.5 Å². The molecule has 6 heteroatoms. The Morgan fingerprint density at radius 2 is 0.909 bits per heavy atom. The summed E-state index contributed by atoms with van der Waals surface area (Å²) in [5.41, 5.74) is 7.48. The van der Waals surface area contributed by atoms with Gasteiger partial charge in [-0.05, 0) is 59.3 Å². The Morgan fingerprint density at radius 1 is 0.364 bits per heavy atom. The van der Waals surface area contributed by atoms with Crippen LogP contribution in [0.15, 0.2) is 176 Å². The molecule has 12 rings (SSSR count). The zero-order valence-corrected chi connectivity index (χ0v) is 30.2. The first kappa shape index (κ1) is 30.3. The average Bonchev–Trinajstić information content (AvgIpc) is 3.91. The van der Waals surface area contributed by atoms with E-state index in [4.69, 9.17) is 15.0 Å². The van der Waals surface area contributed by atoms with Crippen LogP contribution in [0.3, 0.4) is 0 Å². The monoisotopic (exact) mass is 719 g/mol. The summed E-state index contributed by atoms with van der Waals surface area (Å²) >= 11 is 1.82. The summed E-state index contributed by atoms with van der Waals surface area (Å²) < 4.78 is 7.09. The van der Waals surface area contributed by atoms with Crippen molar-refractivity contribution in [3.63, 3.8) is 0 Å². The van der Waals surface area contributed by atoms with Gasteiger partial charge in [-0.2, -0.15) is 9.97 Å². The Hall–Kier alpha value is -7.15. The fraction of sp³-hybridized carbons (Fsp3) is 0. The lowest BCUT2D eigenvalue weighted by atomic mass is 9.99. The molecule has 0 atom stereocenters. The molecule has 0 radical (unpaired) electrons. The summed E-state index contributed by atoms with van der Waals surface area (Å²) in [5, 5.41) is 9.62. The minimum atomic E-state index is 0.585. The highest BCUT2D eigenvalue weighted by molar-refractivity contribution is 7.26. The lowest BCUT2D eigenvalue weighted by molar-refractivity contribution is 0.954. The van der Waals surface area contributed by atoms with Gasteiger partial charge in [0.05, 0.1) is 22.1 Å². The van der Waals surface area contributed by atoms with Crippen LogP contribution < -0.4 is 0 Å². The second-order valence-electron chi connectivity index (χ2n) is 14.0. The molecule has 0 saturated carbocycles. The predicted octanol–water partition coefficient (Wildman–Crippen LogP) is 12.9. The molecule has 0 saturated heterocycles. The van der Waals surface area contributed by atoms with E-state index < -0.39 is 0 Å². The van der Waals surface area contributed by atoms with Gasteiger partial charge in [-0.1, -0.05) is 127 Å². The van der Waals surface area contributed by atoms with Gasteiger partial charge < -0.3 is 4.57 Å². The molecule has 4 aromatic heterocycles. The molecular weight excluding hydrogens is 691 g/mol. The topological polar surface area (TPSA) is 48.5 Å². The van der Waals surface area contributed by atoms with Gasteiger partial charge in [0.25, 0.3) is 0 Å². The van der Waals surface area contributed by atoms with E-state index in [0.29, 0.717) is 17.6 Å². The fourth-order valence-corrected chi connectivity index (χ4v) is 9.83. The zero-order chi connectivity index (χ0) is 36.0. The number of hydrogen-bond acceptors (Lipinski definition) is 4. The zero-order valence-electron chi connectivity index (χ0n) is 29.4. The molecule has 0 spiro atoms. The van der Waals surface area contributed by atoms with Gasteiger partial charge in [0.1, 0.15) is 0 Å². The minimum Gasteiger partial charge on any atom is -0.309 e. The highest BCUT2D eigenvalue weighted by Crippen LogP contribution is 2.44. The summed E-state index contributed by atoms with van der Waals surface area (Å²) in [4.78, 5) is 15.9. The predicted molar refractivity (Wildman–Crippen MR) is 230 cm³/mol. The first-order chi connectivity index (χ1) is 27.3. The minimum absolute atomic E-state index is 0.585. The normalized spacial score (nSPS) is 12.0. The molecule has 0 amide bonds. The van der Waals surface area contributed by atoms with Crippen LogP contribution in [0.2, 0.25) is 0 Å². The standard InChI is InChI=1S/C49H29N5S/c1-3-15-30(16-4-1)47-50-48(37-29-43-44(33-20-8-7-19-32(33)37)36-23-11-14-26-42(36)55-43)52-49(51-47)54-39-25-13-10-22-35(39)46-41(54)28-27-40-45(46)34-21-9-12-24-38(34)53(40)31-17-5-2-6-18-31/h1-29H. The van der Waals surface area contributed by atoms with Crippen molar-refractivity contribution in [3.8, 4) is 34.4 Å². The maximum absolute atomic E-state index is 5.42. The van der Waals surface area contributed by atoms with Crippen molar-refractivity contribution in [1.29, 1.82) is 0 Å². The highest BCUT2D eigenvalue weighted by Gasteiger charge is 2.23. The van der Waals surface area contributed by atoms with Crippen molar-refractivity contribution in [2.45, 2.75) is 0 Å². The number of para-hydroxylation sites is 3. The first-order valence-electron chi connectivity index (χ1n) is 18.5. The molecule has 0 aliphatic carbocycles. The molecule has 4 heterocycles. The van der Waals surface area contributed by atoms with E-state index in [2.05, 4.69) is 167 Å². The van der Waals surface area contributed by atoms with Crippen LogP contribution in [0.5, 0.6) is 0 Å². The summed E-state index contributed by atoms with van der Waals surface area (Å²) in [5.74, 6) is 1.86. The van der Waals surface area contributed by atoms with E-state index in [9.17, 15) is 0 Å². The molecule has 0 aliphatic heterocycles. The van der Waals surface area contributed by atoms with Gasteiger partial charge in [0.2, 0.25) is 5.95 Å². The Kier molecular flexibility index (Phi) is 6.44. The molecule has 256 valence electrons. The second-order valence-corrected chi connectivity index (χ2v) is 15.1. The van der Waals surface area contributed by atoms with Crippen LogP contribution in [-0.2, 0) is 0 Å². The number of aromatic nitrogens is 5. The van der Waals surface area contributed by atoms with E-state index >= 15 is 0 Å². The van der Waals surface area contributed by atoms with Crippen LogP contribution in [0.25, 0.3) is 109 Å². The first-order valence-corrected chi connectivity index (χ1v) is 19.3. The molecule has 55 heavy (non-hydrogen) atoms. The number of fused-ring (bicyclic) bond motifs is 12. The lowest BCUT2D eigenvalue weighted by Crippen LogP contribution is -2.06. The molecule has 0 unspecified atom stereocenters. The third kappa shape index (κ3) is 4.43. The molecular formula is C49H29N5S. The van der Waals surface area contributed by atoms with E-state index in [0.717, 1.165) is 44.1 Å². The van der Waals surface area contributed by atoms with Crippen LogP contribution in [-0.4, -0.2) is 24.1 Å². The average molecular weight is 720 g/mol. The second kappa shape index (κ2) is 11.7. The summed E-state index contributed by atoms with van der Waals surface area (Å²) in [7, 11) is 0. The van der Waals surface area contributed by atoms with Gasteiger partial charge in [-0.3, -0.25) is 4.57 Å². The Labute approximate surface area is 319 Å². The van der Waals surface area contributed by atoms with Gasteiger partial charge >= 0.3 is 0 Å². The van der Waals surface area contributed by atoms with Crippen LogP contribution in [0, 0.1) is 0 Å². The highest BCUT2D eigenvalue weighted by atomic mass is 32.1. The van der Waals surface area contributed by atoms with E-state index in [1.54, 1.807) is 0 Å². The van der Waals surface area contributed by atoms with Crippen molar-refractivity contribution >= 4 is 85.9 Å². The van der Waals surface area contributed by atoms with Crippen molar-refractivity contribution in [1.82, 2.24) is 24.1 Å². The van der Waals surface area contributed by atoms with Gasteiger partial charge in [-0.25, -0.2) is 4.98 Å². The summed E-state index contributed by atoms with van der Waals surface area (Å²) in [6, 6.07) is 62.3. The molecule has 0 aliphatic rings. The third-order valence-electron chi connectivity index (χ3n) is 11.0. The number of thiophene rings is 1. The van der Waals surface area contributed by atoms with Gasteiger partial charge in [0.15, 0.2) is 11.6 Å².